The Morgan fingerprint density at radius 3 is 2.71 bits per heavy atom. The van der Waals surface area contributed by atoms with Gasteiger partial charge in [0.25, 0.3) is 5.91 Å². The minimum absolute atomic E-state index is 0.0234. The van der Waals surface area contributed by atoms with Gasteiger partial charge in [-0.2, -0.15) is 0 Å². The molecule has 0 atom stereocenters. The molecule has 0 radical (unpaired) electrons. The number of hydrogen-bond acceptors (Lipinski definition) is 5. The number of rotatable bonds is 8. The lowest BCUT2D eigenvalue weighted by atomic mass is 10.2. The summed E-state index contributed by atoms with van der Waals surface area (Å²) in [7, 11) is 1.79. The van der Waals surface area contributed by atoms with Crippen LogP contribution in [0, 0.1) is 13.8 Å². The summed E-state index contributed by atoms with van der Waals surface area (Å²) < 4.78 is 11.0. The predicted octanol–water partition coefficient (Wildman–Crippen LogP) is 4.73. The van der Waals surface area contributed by atoms with Crippen molar-refractivity contribution < 1.29 is 14.1 Å². The molecule has 0 aliphatic carbocycles. The average Bonchev–Trinajstić information content (AvgIpc) is 3.11. The lowest BCUT2D eigenvalue weighted by Gasteiger charge is -2.19. The first-order valence-electron chi connectivity index (χ1n) is 9.12. The monoisotopic (exact) mass is 396 g/mol. The largest absolute Gasteiger partial charge is 0.492 e. The van der Waals surface area contributed by atoms with Crippen LogP contribution in [-0.4, -0.2) is 36.2 Å². The van der Waals surface area contributed by atoms with Gasteiger partial charge in [-0.1, -0.05) is 29.4 Å². The molecule has 0 bridgehead atoms. The predicted molar refractivity (Wildman–Crippen MR) is 111 cm³/mol. The molecule has 0 aliphatic rings. The van der Waals surface area contributed by atoms with E-state index in [0.717, 1.165) is 27.7 Å². The summed E-state index contributed by atoms with van der Waals surface area (Å²) >= 11 is 1.57. The fourth-order valence-corrected chi connectivity index (χ4v) is 3.63. The first kappa shape index (κ1) is 20.0. The maximum atomic E-state index is 12.9. The van der Waals surface area contributed by atoms with Crippen molar-refractivity contribution in [1.82, 2.24) is 10.1 Å². The fraction of sp³-hybridized carbons (Fsp3) is 0.273. The Hall–Kier alpha value is -2.73. The number of ether oxygens (including phenoxy) is 1. The third-order valence-electron chi connectivity index (χ3n) is 4.20. The van der Waals surface area contributed by atoms with Crippen LogP contribution < -0.4 is 4.74 Å². The molecule has 5 nitrogen and oxygen atoms in total. The molecular formula is C22H24N2O3S. The van der Waals surface area contributed by atoms with Gasteiger partial charge in [-0.25, -0.2) is 0 Å². The van der Waals surface area contributed by atoms with Gasteiger partial charge >= 0.3 is 0 Å². The molecule has 0 unspecified atom stereocenters. The minimum atomic E-state index is -0.0234. The highest BCUT2D eigenvalue weighted by Crippen LogP contribution is 2.27. The summed E-state index contributed by atoms with van der Waals surface area (Å²) in [6.45, 7) is 4.87. The highest BCUT2D eigenvalue weighted by molar-refractivity contribution is 7.98. The molecule has 1 aromatic heterocycles. The molecular weight excluding hydrogens is 372 g/mol. The molecule has 28 heavy (non-hydrogen) atoms. The molecule has 1 amide bonds. The fourth-order valence-electron chi connectivity index (χ4n) is 2.72. The molecule has 0 saturated heterocycles. The van der Waals surface area contributed by atoms with Crippen molar-refractivity contribution in [3.63, 3.8) is 0 Å². The van der Waals surface area contributed by atoms with Crippen LogP contribution in [0.3, 0.4) is 0 Å². The summed E-state index contributed by atoms with van der Waals surface area (Å²) in [6.07, 6.45) is 0. The number of aryl methyl sites for hydroxylation is 2. The van der Waals surface area contributed by atoms with Crippen molar-refractivity contribution in [3.8, 4) is 5.75 Å². The summed E-state index contributed by atoms with van der Waals surface area (Å²) in [4.78, 5) is 15.5. The van der Waals surface area contributed by atoms with Crippen molar-refractivity contribution in [2.75, 3.05) is 20.2 Å². The van der Waals surface area contributed by atoms with Gasteiger partial charge < -0.3 is 14.2 Å². The Labute approximate surface area is 169 Å². The smallest absolute Gasteiger partial charge is 0.254 e. The summed E-state index contributed by atoms with van der Waals surface area (Å²) in [6, 6.07) is 17.4. The van der Waals surface area contributed by atoms with Crippen LogP contribution in [0.1, 0.15) is 27.4 Å². The van der Waals surface area contributed by atoms with Crippen molar-refractivity contribution in [2.24, 2.45) is 0 Å². The number of aromatic nitrogens is 1. The molecule has 1 heterocycles. The quantitative estimate of drug-likeness (QED) is 0.515. The minimum Gasteiger partial charge on any atom is -0.492 e. The first-order chi connectivity index (χ1) is 13.5. The molecule has 0 spiro atoms. The molecule has 3 aromatic rings. The van der Waals surface area contributed by atoms with Crippen molar-refractivity contribution in [1.29, 1.82) is 0 Å². The highest BCUT2D eigenvalue weighted by Gasteiger charge is 2.16. The van der Waals surface area contributed by atoms with E-state index in [4.69, 9.17) is 9.26 Å². The lowest BCUT2D eigenvalue weighted by molar-refractivity contribution is 0.0770. The van der Waals surface area contributed by atoms with Crippen molar-refractivity contribution in [2.45, 2.75) is 24.5 Å². The first-order valence-corrected chi connectivity index (χ1v) is 10.1. The van der Waals surface area contributed by atoms with E-state index in [2.05, 4.69) is 5.16 Å². The van der Waals surface area contributed by atoms with Gasteiger partial charge in [-0.15, -0.1) is 11.8 Å². The van der Waals surface area contributed by atoms with Gasteiger partial charge in [0.2, 0.25) is 0 Å². The zero-order chi connectivity index (χ0) is 19.9. The van der Waals surface area contributed by atoms with Crippen LogP contribution in [0.2, 0.25) is 0 Å². The zero-order valence-corrected chi connectivity index (χ0v) is 17.2. The Morgan fingerprint density at radius 2 is 1.96 bits per heavy atom. The molecule has 3 rings (SSSR count). The number of likely N-dealkylation sites (N-methyl/N-ethyl adjacent to an activating group) is 1. The SMILES string of the molecule is Cc1cccc(OCCN(C)C(=O)c2ccccc2SCc2cc(C)no2)c1. The third kappa shape index (κ3) is 5.39. The number of carbonyl (C=O) groups is 1. The van der Waals surface area contributed by atoms with Gasteiger partial charge in [0.1, 0.15) is 18.1 Å². The lowest BCUT2D eigenvalue weighted by Crippen LogP contribution is -2.31. The van der Waals surface area contributed by atoms with Crippen molar-refractivity contribution in [3.05, 3.63) is 77.2 Å². The van der Waals surface area contributed by atoms with Crippen LogP contribution in [0.5, 0.6) is 5.75 Å². The van der Waals surface area contributed by atoms with Crippen LogP contribution >= 0.6 is 11.8 Å². The molecule has 0 saturated carbocycles. The highest BCUT2D eigenvalue weighted by atomic mass is 32.2. The summed E-state index contributed by atoms with van der Waals surface area (Å²) in [5, 5.41) is 3.90. The van der Waals surface area contributed by atoms with Crippen LogP contribution in [0.15, 0.2) is 64.0 Å². The van der Waals surface area contributed by atoms with E-state index in [-0.39, 0.29) is 5.91 Å². The number of nitrogens with zero attached hydrogens (tertiary/aromatic N) is 2. The van der Waals surface area contributed by atoms with Crippen LogP contribution in [0.25, 0.3) is 0 Å². The van der Waals surface area contributed by atoms with E-state index in [0.29, 0.717) is 24.5 Å². The molecule has 0 N–H and O–H groups in total. The van der Waals surface area contributed by atoms with E-state index in [1.807, 2.05) is 68.4 Å². The number of thioether (sulfide) groups is 1. The van der Waals surface area contributed by atoms with Gasteiger partial charge in [0.05, 0.1) is 23.6 Å². The van der Waals surface area contributed by atoms with E-state index in [1.54, 1.807) is 23.7 Å². The Bertz CT molecular complexity index is 939. The number of amides is 1. The van der Waals surface area contributed by atoms with E-state index in [1.165, 1.54) is 0 Å². The van der Waals surface area contributed by atoms with Crippen molar-refractivity contribution >= 4 is 17.7 Å². The Morgan fingerprint density at radius 1 is 1.14 bits per heavy atom. The topological polar surface area (TPSA) is 55.6 Å². The Balaban J connectivity index is 1.58. The second-order valence-electron chi connectivity index (χ2n) is 6.61. The number of hydrogen-bond donors (Lipinski definition) is 0. The van der Waals surface area contributed by atoms with E-state index >= 15 is 0 Å². The second kappa shape index (κ2) is 9.46. The maximum absolute atomic E-state index is 12.9. The normalized spacial score (nSPS) is 10.7. The van der Waals surface area contributed by atoms with Gasteiger partial charge in [-0.3, -0.25) is 4.79 Å². The Kier molecular flexibility index (Phi) is 6.76. The molecule has 0 fully saturated rings. The third-order valence-corrected chi connectivity index (χ3v) is 5.29. The molecule has 146 valence electrons. The van der Waals surface area contributed by atoms with Crippen LogP contribution in [-0.2, 0) is 5.75 Å². The van der Waals surface area contributed by atoms with Gasteiger partial charge in [0, 0.05) is 18.0 Å². The number of carbonyl (C=O) groups excluding carboxylic acids is 1. The molecule has 6 heteroatoms. The standard InChI is InChI=1S/C22H24N2O3S/c1-16-7-6-8-18(13-16)26-12-11-24(3)22(25)20-9-4-5-10-21(20)28-15-19-14-17(2)23-27-19/h4-10,13-14H,11-12,15H2,1-3H3. The second-order valence-corrected chi connectivity index (χ2v) is 7.63. The zero-order valence-electron chi connectivity index (χ0n) is 16.3. The van der Waals surface area contributed by atoms with Gasteiger partial charge in [0.15, 0.2) is 0 Å². The summed E-state index contributed by atoms with van der Waals surface area (Å²) in [5.74, 6) is 2.22. The van der Waals surface area contributed by atoms with E-state index in [9.17, 15) is 4.79 Å². The van der Waals surface area contributed by atoms with E-state index < -0.39 is 0 Å². The molecule has 0 aliphatic heterocycles. The average molecular weight is 397 g/mol. The maximum Gasteiger partial charge on any atom is 0.254 e. The van der Waals surface area contributed by atoms with Gasteiger partial charge in [-0.05, 0) is 43.7 Å². The van der Waals surface area contributed by atoms with Crippen LogP contribution in [0.4, 0.5) is 0 Å². The summed E-state index contributed by atoms with van der Waals surface area (Å²) in [5.41, 5.74) is 2.69. The molecule has 2 aromatic carbocycles. The number of benzene rings is 2.